The Morgan fingerprint density at radius 2 is 1.81 bits per heavy atom. The number of pyridine rings is 1. The van der Waals surface area contributed by atoms with Crippen LogP contribution in [0.5, 0.6) is 5.75 Å². The summed E-state index contributed by atoms with van der Waals surface area (Å²) in [7, 11) is 0. The van der Waals surface area contributed by atoms with Crippen LogP contribution in [-0.4, -0.2) is 17.5 Å². The van der Waals surface area contributed by atoms with Crippen LogP contribution in [0.4, 0.5) is 11.4 Å². The number of anilines is 2. The molecule has 0 aliphatic rings. The minimum atomic E-state index is -0.271. The molecule has 0 aliphatic heterocycles. The second-order valence-electron chi connectivity index (χ2n) is 6.10. The molecule has 27 heavy (non-hydrogen) atoms. The van der Waals surface area contributed by atoms with E-state index in [1.807, 2.05) is 43.3 Å². The highest BCUT2D eigenvalue weighted by atomic mass is 16.5. The molecule has 5 heteroatoms. The van der Waals surface area contributed by atoms with E-state index >= 15 is 0 Å². The number of hydrogen-bond acceptors (Lipinski definition) is 4. The predicted octanol–water partition coefficient (Wildman–Crippen LogP) is 4.65. The average Bonchev–Trinajstić information content (AvgIpc) is 2.69. The molecule has 0 atom stereocenters. The third-order valence-corrected chi connectivity index (χ3v) is 4.18. The van der Waals surface area contributed by atoms with Gasteiger partial charge in [0.15, 0.2) is 0 Å². The third kappa shape index (κ3) is 4.85. The molecule has 1 heterocycles. The van der Waals surface area contributed by atoms with Gasteiger partial charge in [0.2, 0.25) is 0 Å². The lowest BCUT2D eigenvalue weighted by atomic mass is 10.1. The number of aromatic nitrogens is 1. The van der Waals surface area contributed by atoms with Crippen LogP contribution >= 0.6 is 0 Å². The van der Waals surface area contributed by atoms with Crippen molar-refractivity contribution >= 4 is 17.3 Å². The van der Waals surface area contributed by atoms with Gasteiger partial charge in [-0.2, -0.15) is 0 Å². The number of nitrogens with zero attached hydrogens (tertiary/aromatic N) is 1. The largest absolute Gasteiger partial charge is 0.492 e. The van der Waals surface area contributed by atoms with Gasteiger partial charge in [0.25, 0.3) is 5.91 Å². The number of nitrogens with one attached hydrogen (secondary N) is 2. The molecule has 0 saturated heterocycles. The van der Waals surface area contributed by atoms with Crippen LogP contribution < -0.4 is 15.4 Å². The molecular weight excluding hydrogens is 338 g/mol. The van der Waals surface area contributed by atoms with Gasteiger partial charge in [-0.3, -0.25) is 4.79 Å². The zero-order valence-electron chi connectivity index (χ0n) is 15.5. The Balaban J connectivity index is 1.63. The second kappa shape index (κ2) is 8.85. The Hall–Kier alpha value is -3.34. The quantitative estimate of drug-likeness (QED) is 0.643. The summed E-state index contributed by atoms with van der Waals surface area (Å²) in [6.07, 6.45) is 1.67. The van der Waals surface area contributed by atoms with Gasteiger partial charge in [0.05, 0.1) is 24.2 Å². The maximum atomic E-state index is 12.5. The molecule has 2 N–H and O–H groups in total. The van der Waals surface area contributed by atoms with E-state index in [1.54, 1.807) is 18.3 Å². The SMILES string of the molecule is CCOc1ccccc1NC(=O)c1ccc(NCc2ccccc2C)cn1. The molecule has 0 radical (unpaired) electrons. The molecule has 3 aromatic rings. The van der Waals surface area contributed by atoms with Crippen LogP contribution in [0.15, 0.2) is 66.9 Å². The molecule has 0 bridgehead atoms. The molecule has 5 nitrogen and oxygen atoms in total. The zero-order chi connectivity index (χ0) is 19.1. The number of para-hydroxylation sites is 2. The Labute approximate surface area is 159 Å². The highest BCUT2D eigenvalue weighted by molar-refractivity contribution is 6.03. The summed E-state index contributed by atoms with van der Waals surface area (Å²) in [4.78, 5) is 16.7. The molecular formula is C22H23N3O2. The number of carbonyl (C=O) groups is 1. The molecule has 0 aliphatic carbocycles. The number of aryl methyl sites for hydroxylation is 1. The highest BCUT2D eigenvalue weighted by Gasteiger charge is 2.11. The zero-order valence-corrected chi connectivity index (χ0v) is 15.5. The summed E-state index contributed by atoms with van der Waals surface area (Å²) in [5.41, 5.74) is 4.31. The van der Waals surface area contributed by atoms with Gasteiger partial charge in [-0.05, 0) is 49.2 Å². The normalized spacial score (nSPS) is 10.3. The number of benzene rings is 2. The third-order valence-electron chi connectivity index (χ3n) is 4.18. The van der Waals surface area contributed by atoms with Crippen LogP contribution in [0.2, 0.25) is 0 Å². The second-order valence-corrected chi connectivity index (χ2v) is 6.10. The first-order chi connectivity index (χ1) is 13.2. The smallest absolute Gasteiger partial charge is 0.274 e. The Morgan fingerprint density at radius 3 is 2.56 bits per heavy atom. The van der Waals surface area contributed by atoms with Crippen molar-refractivity contribution in [2.45, 2.75) is 20.4 Å². The molecule has 1 amide bonds. The van der Waals surface area contributed by atoms with E-state index in [9.17, 15) is 4.79 Å². The van der Waals surface area contributed by atoms with Gasteiger partial charge in [-0.1, -0.05) is 36.4 Å². The van der Waals surface area contributed by atoms with Crippen molar-refractivity contribution in [1.82, 2.24) is 4.98 Å². The van der Waals surface area contributed by atoms with Crippen molar-refractivity contribution in [1.29, 1.82) is 0 Å². The highest BCUT2D eigenvalue weighted by Crippen LogP contribution is 2.24. The lowest BCUT2D eigenvalue weighted by Gasteiger charge is -2.11. The minimum absolute atomic E-state index is 0.271. The lowest BCUT2D eigenvalue weighted by Crippen LogP contribution is -2.14. The number of hydrogen-bond donors (Lipinski definition) is 2. The average molecular weight is 361 g/mol. The number of carbonyl (C=O) groups excluding carboxylic acids is 1. The van der Waals surface area contributed by atoms with Gasteiger partial charge in [0, 0.05) is 6.54 Å². The minimum Gasteiger partial charge on any atom is -0.492 e. The first kappa shape index (κ1) is 18.5. The standard InChI is InChI=1S/C22H23N3O2/c1-3-27-21-11-7-6-10-19(21)25-22(26)20-13-12-18(15-24-20)23-14-17-9-5-4-8-16(17)2/h4-13,15,23H,3,14H2,1-2H3,(H,25,26). The number of rotatable bonds is 7. The van der Waals surface area contributed by atoms with Gasteiger partial charge in [-0.15, -0.1) is 0 Å². The summed E-state index contributed by atoms with van der Waals surface area (Å²) in [6.45, 7) is 5.24. The van der Waals surface area contributed by atoms with Crippen LogP contribution in [0.1, 0.15) is 28.5 Å². The maximum absolute atomic E-state index is 12.5. The van der Waals surface area contributed by atoms with Crippen molar-refractivity contribution in [2.24, 2.45) is 0 Å². The summed E-state index contributed by atoms with van der Waals surface area (Å²) in [5.74, 6) is 0.373. The Bertz CT molecular complexity index is 907. The van der Waals surface area contributed by atoms with E-state index in [0.717, 1.165) is 5.69 Å². The lowest BCUT2D eigenvalue weighted by molar-refractivity contribution is 0.102. The predicted molar refractivity (Wildman–Crippen MR) is 108 cm³/mol. The van der Waals surface area contributed by atoms with E-state index in [2.05, 4.69) is 34.7 Å². The molecule has 0 unspecified atom stereocenters. The molecule has 0 spiro atoms. The van der Waals surface area contributed by atoms with Crippen LogP contribution in [0.25, 0.3) is 0 Å². The monoisotopic (exact) mass is 361 g/mol. The fraction of sp³-hybridized carbons (Fsp3) is 0.182. The van der Waals surface area contributed by atoms with Crippen molar-refractivity contribution in [2.75, 3.05) is 17.2 Å². The van der Waals surface area contributed by atoms with Gasteiger partial charge < -0.3 is 15.4 Å². The maximum Gasteiger partial charge on any atom is 0.274 e. The van der Waals surface area contributed by atoms with Gasteiger partial charge >= 0.3 is 0 Å². The van der Waals surface area contributed by atoms with E-state index in [4.69, 9.17) is 4.74 Å². The first-order valence-corrected chi connectivity index (χ1v) is 8.95. The van der Waals surface area contributed by atoms with E-state index < -0.39 is 0 Å². The molecule has 138 valence electrons. The molecule has 2 aromatic carbocycles. The number of amides is 1. The Morgan fingerprint density at radius 1 is 1.04 bits per heavy atom. The van der Waals surface area contributed by atoms with Crippen LogP contribution in [0.3, 0.4) is 0 Å². The Kier molecular flexibility index (Phi) is 6.05. The van der Waals surface area contributed by atoms with Gasteiger partial charge in [0.1, 0.15) is 11.4 Å². The first-order valence-electron chi connectivity index (χ1n) is 8.95. The van der Waals surface area contributed by atoms with Crippen molar-refractivity contribution < 1.29 is 9.53 Å². The van der Waals surface area contributed by atoms with Gasteiger partial charge in [-0.25, -0.2) is 4.98 Å². The van der Waals surface area contributed by atoms with E-state index in [0.29, 0.717) is 30.3 Å². The molecule has 0 fully saturated rings. The van der Waals surface area contributed by atoms with Crippen molar-refractivity contribution in [3.8, 4) is 5.75 Å². The summed E-state index contributed by atoms with van der Waals surface area (Å²) in [5, 5.41) is 6.18. The van der Waals surface area contributed by atoms with E-state index in [1.165, 1.54) is 11.1 Å². The molecule has 1 aromatic heterocycles. The number of ether oxygens (including phenoxy) is 1. The van der Waals surface area contributed by atoms with Crippen LogP contribution in [0, 0.1) is 6.92 Å². The van der Waals surface area contributed by atoms with Crippen molar-refractivity contribution in [3.05, 3.63) is 83.7 Å². The molecule has 0 saturated carbocycles. The van der Waals surface area contributed by atoms with Crippen molar-refractivity contribution in [3.63, 3.8) is 0 Å². The molecule has 3 rings (SSSR count). The summed E-state index contributed by atoms with van der Waals surface area (Å²) >= 11 is 0. The summed E-state index contributed by atoms with van der Waals surface area (Å²) < 4.78 is 5.53. The topological polar surface area (TPSA) is 63.2 Å². The van der Waals surface area contributed by atoms with E-state index in [-0.39, 0.29) is 5.91 Å². The fourth-order valence-corrected chi connectivity index (χ4v) is 2.68. The fourth-order valence-electron chi connectivity index (χ4n) is 2.68. The van der Waals surface area contributed by atoms with Crippen LogP contribution in [-0.2, 0) is 6.54 Å². The summed E-state index contributed by atoms with van der Waals surface area (Å²) in [6, 6.07) is 19.1.